The number of thiocarbonyl (C=S) groups is 2. The minimum atomic E-state index is 0. The molecule has 0 unspecified atom stereocenters. The van der Waals surface area contributed by atoms with Gasteiger partial charge in [0.25, 0.3) is 0 Å². The van der Waals surface area contributed by atoms with Crippen LogP contribution >= 0.6 is 51.4 Å². The van der Waals surface area contributed by atoms with Crippen molar-refractivity contribution in [2.24, 2.45) is 0 Å². The van der Waals surface area contributed by atoms with Gasteiger partial charge in [-0.3, -0.25) is 0 Å². The Morgan fingerprint density at radius 1 is 0.478 bits per heavy atom. The van der Waals surface area contributed by atoms with Crippen LogP contribution in [-0.2, 0) is 9.59 Å². The van der Waals surface area contributed by atoms with E-state index in [1.165, 1.54) is 0 Å². The second-order valence-corrected chi connectivity index (χ2v) is 0. The molecule has 4 nitrogen and oxygen atoms in total. The Bertz CT molecular complexity index is 50.0. The minimum Gasteiger partial charge on any atom is -0.412 e. The summed E-state index contributed by atoms with van der Waals surface area (Å²) in [6.07, 6.45) is 0. The molecule has 0 spiro atoms. The van der Waals surface area contributed by atoms with Crippen molar-refractivity contribution in [2.75, 3.05) is 0 Å². The summed E-state index contributed by atoms with van der Waals surface area (Å²) >= 11 is 7.67. The average Bonchev–Trinajstić information content (AvgIpc) is 2.45. The van der Waals surface area contributed by atoms with Crippen molar-refractivity contribution in [1.29, 1.82) is 0 Å². The molecule has 0 aliphatic rings. The van der Waals surface area contributed by atoms with Crippen molar-refractivity contribution in [1.82, 2.24) is 0 Å². The largest absolute Gasteiger partial charge is 0.412 e. The third-order valence-electron chi connectivity index (χ3n) is 0. The number of carbonyl (C=O) groups is 2. The number of carbonyl (C=O) groups excluding carboxylic acids is 2. The molecule has 0 rings (SSSR count). The third kappa shape index (κ3) is 625. The first-order valence-corrected chi connectivity index (χ1v) is 5.31. The maximum absolute atomic E-state index is 8.00. The van der Waals surface area contributed by atoms with Crippen molar-refractivity contribution in [3.05, 3.63) is 0 Å². The van der Waals surface area contributed by atoms with E-state index in [-0.39, 0.29) is 200 Å². The fourth-order valence-electron chi connectivity index (χ4n) is 0. The first kappa shape index (κ1) is 140. The summed E-state index contributed by atoms with van der Waals surface area (Å²) in [6, 6.07) is 0. The molecule has 12 heteroatoms. The Morgan fingerprint density at radius 2 is 0.478 bits per heavy atom. The molecule has 0 bridgehead atoms. The smallest absolute Gasteiger partial charge is 0.106 e. The van der Waals surface area contributed by atoms with Crippen LogP contribution in [0.25, 0.3) is 0 Å². The van der Waals surface area contributed by atoms with Crippen molar-refractivity contribution in [2.45, 2.75) is 49.0 Å². The molecule has 0 atom stereocenters. The fraction of sp³-hybridized carbons (Fsp3) is 0.636. The van der Waals surface area contributed by atoms with Crippen molar-refractivity contribution >= 4 is 76.7 Å². The van der Waals surface area contributed by atoms with Gasteiger partial charge in [-0.05, 0) is 11.7 Å². The number of hydrogen-bond donors (Lipinski definition) is 0. The summed E-state index contributed by atoms with van der Waals surface area (Å²) in [6.45, 7) is 16.0. The van der Waals surface area contributed by atoms with E-state index in [0.717, 1.165) is 0 Å². The molecular formula is C11H38O4S4Tb4. The molecule has 0 amide bonds. The predicted octanol–water partition coefficient (Wildman–Crippen LogP) is 3.15. The molecule has 0 aliphatic carbocycles. The van der Waals surface area contributed by atoms with Gasteiger partial charge in [-0.15, -0.1) is 0 Å². The van der Waals surface area contributed by atoms with E-state index in [2.05, 4.69) is 36.2 Å². The van der Waals surface area contributed by atoms with Gasteiger partial charge >= 0.3 is 0 Å². The van der Waals surface area contributed by atoms with Crippen LogP contribution in [0.4, 0.5) is 0 Å². The van der Waals surface area contributed by atoms with Crippen LogP contribution < -0.4 is 0 Å². The van der Waals surface area contributed by atoms with E-state index in [1.807, 2.05) is 55.1 Å². The Labute approximate surface area is 294 Å². The summed E-state index contributed by atoms with van der Waals surface area (Å²) in [7, 11) is 0. The van der Waals surface area contributed by atoms with E-state index in [0.29, 0.717) is 0 Å². The van der Waals surface area contributed by atoms with Crippen molar-refractivity contribution in [3.63, 3.8) is 0 Å². The van der Waals surface area contributed by atoms with E-state index in [9.17, 15) is 0 Å². The predicted molar refractivity (Wildman–Crippen MR) is 112 cm³/mol. The van der Waals surface area contributed by atoms with Crippen LogP contribution in [0.3, 0.4) is 0 Å². The molecule has 0 aliphatic heterocycles. The third-order valence-corrected chi connectivity index (χ3v) is 0. The molecule has 0 saturated heterocycles. The Hall–Kier alpha value is 5.28. The monoisotopic (exact) mass is 998 g/mol. The summed E-state index contributed by atoms with van der Waals surface area (Å²) in [5.74, 6) is 5.67. The molecule has 0 fully saturated rings. The van der Waals surface area contributed by atoms with E-state index in [1.54, 1.807) is 0 Å². The summed E-state index contributed by atoms with van der Waals surface area (Å²) in [4.78, 5) is 16.0. The molecule has 4 radical (unpaired) electrons. The Balaban J connectivity index is -0.00000000167. The van der Waals surface area contributed by atoms with Crippen LogP contribution in [0.15, 0.2) is 0 Å². The van der Waals surface area contributed by atoms with Gasteiger partial charge in [0.1, 0.15) is 13.6 Å². The normalized spacial score (nSPS) is 1.48. The van der Waals surface area contributed by atoms with Gasteiger partial charge in [0.15, 0.2) is 0 Å². The standard InChI is InChI=1S/3C2H6.2CH2O.2CH2S.CH4.2H2O.2H2S.4Tb/c7*1-2;;;;;;;;;/h3*1-2H3;4*1H2;1H4;4*1H2;;;;. The first-order valence-electron chi connectivity index (χ1n) is 4.15. The molecule has 4 N–H and O–H groups in total. The van der Waals surface area contributed by atoms with E-state index >= 15 is 0 Å². The Morgan fingerprint density at radius 3 is 0.478 bits per heavy atom. The van der Waals surface area contributed by atoms with Gasteiger partial charge in [-0.25, -0.2) is 0 Å². The summed E-state index contributed by atoms with van der Waals surface area (Å²) < 4.78 is 0. The second-order valence-electron chi connectivity index (χ2n) is 0. The van der Waals surface area contributed by atoms with Crippen LogP contribution in [-0.4, -0.2) is 36.3 Å². The number of rotatable bonds is 0. The summed E-state index contributed by atoms with van der Waals surface area (Å²) in [5.41, 5.74) is 0. The topological polar surface area (TPSA) is 97.1 Å². The molecule has 0 aromatic carbocycles. The van der Waals surface area contributed by atoms with Gasteiger partial charge < -0.3 is 20.5 Å². The molecule has 0 aromatic heterocycles. The van der Waals surface area contributed by atoms with Gasteiger partial charge in [-0.2, -0.15) is 27.0 Å². The van der Waals surface area contributed by atoms with Crippen molar-refractivity contribution < 1.29 is 175 Å². The quantitative estimate of drug-likeness (QED) is 0.349. The maximum Gasteiger partial charge on any atom is 0.106 e. The van der Waals surface area contributed by atoms with Gasteiger partial charge in [0, 0.05) is 154 Å². The second kappa shape index (κ2) is 675. The molecule has 23 heavy (non-hydrogen) atoms. The van der Waals surface area contributed by atoms with Crippen molar-refractivity contribution in [3.8, 4) is 0 Å². The first-order chi connectivity index (χ1) is 7.00. The minimum absolute atomic E-state index is 0. The number of hydrogen-bond acceptors (Lipinski definition) is 4. The maximum atomic E-state index is 8.00. The van der Waals surface area contributed by atoms with Gasteiger partial charge in [0.2, 0.25) is 0 Å². The fourth-order valence-corrected chi connectivity index (χ4v) is 0. The van der Waals surface area contributed by atoms with Crippen LogP contribution in [0.2, 0.25) is 0 Å². The molecule has 0 saturated carbocycles. The SMILES string of the molecule is C.C=O.C=O.C=S.C=S.CC.CC.CC.O.O.S.S.[Tb].[Tb].[Tb].[Tb]. The molecule has 0 heterocycles. The average molecular weight is 998 g/mol. The molecular weight excluding hydrogens is 960 g/mol. The van der Waals surface area contributed by atoms with Gasteiger partial charge in [0.05, 0.1) is 0 Å². The zero-order valence-corrected chi connectivity index (χ0v) is 26.0. The van der Waals surface area contributed by atoms with E-state index in [4.69, 9.17) is 9.59 Å². The zero-order chi connectivity index (χ0) is 14.0. The van der Waals surface area contributed by atoms with E-state index < -0.39 is 0 Å². The Kier molecular flexibility index (Phi) is 4100. The van der Waals surface area contributed by atoms with Crippen LogP contribution in [0.5, 0.6) is 0 Å². The van der Waals surface area contributed by atoms with Crippen LogP contribution in [0, 0.1) is 154 Å². The molecule has 166 valence electrons. The zero-order valence-electron chi connectivity index (χ0n) is 13.8. The summed E-state index contributed by atoms with van der Waals surface area (Å²) in [5, 5.41) is 0. The van der Waals surface area contributed by atoms with Gasteiger partial charge in [-0.1, -0.05) is 73.4 Å². The van der Waals surface area contributed by atoms with Crippen LogP contribution in [0.1, 0.15) is 49.0 Å². The molecule has 0 aromatic rings.